The van der Waals surface area contributed by atoms with Crippen LogP contribution in [0.5, 0.6) is 0 Å². The van der Waals surface area contributed by atoms with E-state index in [1.54, 1.807) is 0 Å². The van der Waals surface area contributed by atoms with Gasteiger partial charge in [-0.2, -0.15) is 0 Å². The zero-order chi connectivity index (χ0) is 31.6. The predicted octanol–water partition coefficient (Wildman–Crippen LogP) is 11.2. The topological polar surface area (TPSA) is 9.86 Å². The van der Waals surface area contributed by atoms with E-state index in [1.807, 2.05) is 78.9 Å². The van der Waals surface area contributed by atoms with Crippen molar-refractivity contribution in [1.82, 2.24) is 9.13 Å². The van der Waals surface area contributed by atoms with E-state index in [0.29, 0.717) is 16.5 Å². The first-order valence-electron chi connectivity index (χ1n) is 16.4. The average molecular weight is 564 g/mol. The Bertz CT molecular complexity index is 2640. The summed E-state index contributed by atoms with van der Waals surface area (Å²) in [5, 5.41) is 3.73. The van der Waals surface area contributed by atoms with Gasteiger partial charge in [-0.1, -0.05) is 109 Å². The summed E-state index contributed by atoms with van der Waals surface area (Å²) in [6, 6.07) is 51.8. The summed E-state index contributed by atoms with van der Waals surface area (Å²) < 4.78 is 32.8. The van der Waals surface area contributed by atoms with Crippen LogP contribution >= 0.6 is 0 Å². The molecule has 9 rings (SSSR count). The molecule has 9 aromatic rings. The predicted molar refractivity (Wildman–Crippen MR) is 186 cm³/mol. The minimum Gasteiger partial charge on any atom is -0.309 e. The van der Waals surface area contributed by atoms with Crippen LogP contribution in [-0.4, -0.2) is 9.13 Å². The molecule has 0 saturated carbocycles. The van der Waals surface area contributed by atoms with Crippen LogP contribution in [0.15, 0.2) is 170 Å². The summed E-state index contributed by atoms with van der Waals surface area (Å²) in [5.74, 6) is 0. The van der Waals surface area contributed by atoms with E-state index in [1.165, 1.54) is 0 Å². The second-order valence-electron chi connectivity index (χ2n) is 11.2. The van der Waals surface area contributed by atoms with Crippen LogP contribution in [0, 0.1) is 0 Å². The Kier molecular flexibility index (Phi) is 4.88. The first-order valence-corrected chi connectivity index (χ1v) is 14.9. The lowest BCUT2D eigenvalue weighted by Crippen LogP contribution is -1.93. The van der Waals surface area contributed by atoms with Gasteiger partial charge in [-0.25, -0.2) is 0 Å². The Balaban J connectivity index is 1.34. The summed E-state index contributed by atoms with van der Waals surface area (Å²) in [4.78, 5) is 0. The summed E-state index contributed by atoms with van der Waals surface area (Å²) in [7, 11) is 0. The van der Waals surface area contributed by atoms with Crippen molar-refractivity contribution in [2.75, 3.05) is 0 Å². The maximum atomic E-state index is 9.68. The van der Waals surface area contributed by atoms with Crippen molar-refractivity contribution >= 4 is 43.6 Å². The van der Waals surface area contributed by atoms with Crippen LogP contribution in [0.1, 0.15) is 4.11 Å². The van der Waals surface area contributed by atoms with Crippen LogP contribution in [0.2, 0.25) is 0 Å². The summed E-state index contributed by atoms with van der Waals surface area (Å²) in [5.41, 5.74) is 9.01. The molecule has 206 valence electrons. The highest BCUT2D eigenvalue weighted by Gasteiger charge is 2.16. The summed E-state index contributed by atoms with van der Waals surface area (Å²) in [6.45, 7) is 0. The summed E-state index contributed by atoms with van der Waals surface area (Å²) in [6.07, 6.45) is 0. The van der Waals surface area contributed by atoms with E-state index in [-0.39, 0.29) is 18.1 Å². The fraction of sp³-hybridized carbons (Fsp3) is 0. The second-order valence-corrected chi connectivity index (χ2v) is 11.2. The van der Waals surface area contributed by atoms with E-state index in [9.17, 15) is 4.11 Å². The molecule has 44 heavy (non-hydrogen) atoms. The van der Waals surface area contributed by atoms with Gasteiger partial charge in [0.05, 0.1) is 26.2 Å². The zero-order valence-corrected chi connectivity index (χ0v) is 23.8. The third-order valence-electron chi connectivity index (χ3n) is 8.62. The number of hydrogen-bond acceptors (Lipinski definition) is 0. The monoisotopic (exact) mass is 563 g/mol. The molecule has 0 aliphatic rings. The Morgan fingerprint density at radius 1 is 0.341 bits per heavy atom. The molecule has 2 aromatic heterocycles. The van der Waals surface area contributed by atoms with Gasteiger partial charge in [0.1, 0.15) is 0 Å². The number of nitrogens with zero attached hydrogens (tertiary/aromatic N) is 2. The van der Waals surface area contributed by atoms with Crippen molar-refractivity contribution in [2.24, 2.45) is 0 Å². The van der Waals surface area contributed by atoms with Gasteiger partial charge in [0.15, 0.2) is 0 Å². The fourth-order valence-electron chi connectivity index (χ4n) is 6.59. The number of hydrogen-bond donors (Lipinski definition) is 0. The Morgan fingerprint density at radius 2 is 0.909 bits per heavy atom. The van der Waals surface area contributed by atoms with Gasteiger partial charge in [0.25, 0.3) is 0 Å². The molecule has 0 aliphatic carbocycles. The molecule has 0 radical (unpaired) electrons. The number of rotatable bonds is 4. The molecule has 2 heteroatoms. The van der Waals surface area contributed by atoms with Crippen LogP contribution in [0.4, 0.5) is 0 Å². The maximum absolute atomic E-state index is 9.68. The second kappa shape index (κ2) is 9.86. The molecule has 0 N–H and O–H groups in total. The Labute approximate surface area is 259 Å². The van der Waals surface area contributed by atoms with Crippen molar-refractivity contribution in [3.8, 4) is 33.6 Å². The Morgan fingerprint density at radius 3 is 1.66 bits per heavy atom. The molecular weight excluding hydrogens is 532 g/mol. The van der Waals surface area contributed by atoms with Crippen molar-refractivity contribution in [2.45, 2.75) is 0 Å². The maximum Gasteiger partial charge on any atom is 0.0645 e. The molecule has 0 aliphatic heterocycles. The van der Waals surface area contributed by atoms with E-state index in [2.05, 4.69) is 81.9 Å². The molecule has 2 nitrogen and oxygen atoms in total. The van der Waals surface area contributed by atoms with Gasteiger partial charge in [-0.15, -0.1) is 0 Å². The van der Waals surface area contributed by atoms with Gasteiger partial charge in [-0.05, 0) is 82.9 Å². The SMILES string of the molecule is [2H]c1c(-c2ccc3c(c2)c2ccccc2n3-c2ccccc2)c([2H])c2c3ccc(-c4ccccc4)cc3n(-c3ccccc3)c2c1[2H]. The van der Waals surface area contributed by atoms with Crippen LogP contribution in [0.3, 0.4) is 0 Å². The van der Waals surface area contributed by atoms with E-state index in [0.717, 1.165) is 60.8 Å². The molecule has 0 unspecified atom stereocenters. The molecule has 2 heterocycles. The van der Waals surface area contributed by atoms with Gasteiger partial charge in [-0.3, -0.25) is 0 Å². The van der Waals surface area contributed by atoms with Crippen molar-refractivity contribution in [3.05, 3.63) is 170 Å². The summed E-state index contributed by atoms with van der Waals surface area (Å²) >= 11 is 0. The third-order valence-corrected chi connectivity index (χ3v) is 8.62. The molecule has 0 saturated heterocycles. The fourth-order valence-corrected chi connectivity index (χ4v) is 6.59. The highest BCUT2D eigenvalue weighted by molar-refractivity contribution is 6.13. The van der Waals surface area contributed by atoms with Crippen LogP contribution in [-0.2, 0) is 0 Å². The van der Waals surface area contributed by atoms with E-state index >= 15 is 0 Å². The molecule has 0 amide bonds. The van der Waals surface area contributed by atoms with Gasteiger partial charge in [0.2, 0.25) is 0 Å². The lowest BCUT2D eigenvalue weighted by molar-refractivity contribution is 1.18. The number of aromatic nitrogens is 2. The molecule has 7 aromatic carbocycles. The quantitative estimate of drug-likeness (QED) is 0.202. The number of benzene rings is 7. The van der Waals surface area contributed by atoms with Gasteiger partial charge < -0.3 is 9.13 Å². The zero-order valence-electron chi connectivity index (χ0n) is 26.8. The van der Waals surface area contributed by atoms with Crippen molar-refractivity contribution < 1.29 is 4.11 Å². The van der Waals surface area contributed by atoms with Gasteiger partial charge in [0, 0.05) is 32.9 Å². The minimum absolute atomic E-state index is 0.0527. The highest BCUT2D eigenvalue weighted by Crippen LogP contribution is 2.39. The first kappa shape index (κ1) is 21.8. The minimum atomic E-state index is 0.0527. The van der Waals surface area contributed by atoms with E-state index in [4.69, 9.17) is 0 Å². The average Bonchev–Trinajstić information content (AvgIpc) is 3.65. The normalized spacial score (nSPS) is 12.6. The molecule has 0 spiro atoms. The largest absolute Gasteiger partial charge is 0.309 e. The molecule has 0 bridgehead atoms. The smallest absolute Gasteiger partial charge is 0.0645 e. The van der Waals surface area contributed by atoms with Gasteiger partial charge >= 0.3 is 0 Å². The lowest BCUT2D eigenvalue weighted by atomic mass is 9.99. The first-order chi connectivity index (χ1) is 23.1. The van der Waals surface area contributed by atoms with Crippen LogP contribution < -0.4 is 0 Å². The third kappa shape index (κ3) is 3.82. The number of para-hydroxylation sites is 3. The Hall–Kier alpha value is -5.86. The molecular formula is C42H28N2. The number of fused-ring (bicyclic) bond motifs is 6. The lowest BCUT2D eigenvalue weighted by Gasteiger charge is -2.09. The van der Waals surface area contributed by atoms with Crippen molar-refractivity contribution in [3.63, 3.8) is 0 Å². The van der Waals surface area contributed by atoms with Crippen molar-refractivity contribution in [1.29, 1.82) is 0 Å². The highest BCUT2D eigenvalue weighted by atomic mass is 15.0. The van der Waals surface area contributed by atoms with Crippen LogP contribution in [0.25, 0.3) is 77.2 Å². The molecule has 0 atom stereocenters. The van der Waals surface area contributed by atoms with E-state index < -0.39 is 0 Å². The molecule has 0 fully saturated rings. The standard InChI is InChI=1S/C42H28N2/c1-4-12-29(13-5-1)32-20-23-36-38-27-31(22-25-41(38)44(42(36)28-32)34-16-8-3-9-17-34)30-21-24-40-37(26-30)35-18-10-11-19-39(35)43(40)33-14-6-2-7-15-33/h1-28H/i22D,25D,27D.